The highest BCUT2D eigenvalue weighted by Crippen LogP contribution is 2.29. The fourth-order valence-corrected chi connectivity index (χ4v) is 3.05. The molecule has 1 N–H and O–H groups in total. The van der Waals surface area contributed by atoms with E-state index in [2.05, 4.69) is 10.3 Å². The third kappa shape index (κ3) is 5.27. The molecule has 1 aliphatic rings. The summed E-state index contributed by atoms with van der Waals surface area (Å²) in [4.78, 5) is 17.7. The van der Waals surface area contributed by atoms with Crippen molar-refractivity contribution < 1.29 is 31.5 Å². The van der Waals surface area contributed by atoms with Crippen LogP contribution in [0.15, 0.2) is 36.5 Å². The summed E-state index contributed by atoms with van der Waals surface area (Å²) >= 11 is 0. The minimum Gasteiger partial charge on any atom is -0.379 e. The maximum atomic E-state index is 13.4. The maximum Gasteiger partial charge on any atom is 0.433 e. The van der Waals surface area contributed by atoms with Crippen LogP contribution in [0.2, 0.25) is 0 Å². The lowest BCUT2D eigenvalue weighted by Crippen LogP contribution is -2.44. The molecular weight excluding hydrogens is 397 g/mol. The molecule has 10 heteroatoms. The predicted molar refractivity (Wildman–Crippen MR) is 93.1 cm³/mol. The Morgan fingerprint density at radius 2 is 1.86 bits per heavy atom. The summed E-state index contributed by atoms with van der Waals surface area (Å²) in [6.07, 6.45) is -3.42. The van der Waals surface area contributed by atoms with E-state index in [4.69, 9.17) is 4.74 Å². The molecule has 1 atom stereocenters. The van der Waals surface area contributed by atoms with Gasteiger partial charge in [0.2, 0.25) is 0 Å². The highest BCUT2D eigenvalue weighted by molar-refractivity contribution is 5.94. The van der Waals surface area contributed by atoms with Crippen LogP contribution in [0.1, 0.15) is 27.7 Å². The average Bonchev–Trinajstić information content (AvgIpc) is 2.70. The van der Waals surface area contributed by atoms with Gasteiger partial charge in [0.1, 0.15) is 5.69 Å². The highest BCUT2D eigenvalue weighted by atomic mass is 19.4. The molecule has 2 heterocycles. The zero-order valence-electron chi connectivity index (χ0n) is 15.2. The number of benzene rings is 1. The number of halogens is 5. The van der Waals surface area contributed by atoms with Crippen molar-refractivity contribution in [3.63, 3.8) is 0 Å². The highest BCUT2D eigenvalue weighted by Gasteiger charge is 2.33. The first-order valence-corrected chi connectivity index (χ1v) is 8.84. The van der Waals surface area contributed by atoms with Gasteiger partial charge in [0.25, 0.3) is 5.91 Å². The Balaban J connectivity index is 1.76. The van der Waals surface area contributed by atoms with Crippen LogP contribution in [-0.4, -0.2) is 48.6 Å². The standard InChI is InChI=1S/C19H18F5N3O2/c20-14-3-1-12(9-15(14)21)18(28)26-11-16(27-5-7-29-8-6-27)13-2-4-17(25-10-13)19(22,23)24/h1-4,9-10,16H,5-8,11H2,(H,26,28). The molecule has 1 aromatic heterocycles. The van der Waals surface area contributed by atoms with Gasteiger partial charge in [-0.2, -0.15) is 13.2 Å². The van der Waals surface area contributed by atoms with Gasteiger partial charge in [-0.3, -0.25) is 14.7 Å². The van der Waals surface area contributed by atoms with Crippen LogP contribution in [0.5, 0.6) is 0 Å². The number of morpholine rings is 1. The molecular formula is C19H18F5N3O2. The van der Waals surface area contributed by atoms with Crippen LogP contribution in [0.4, 0.5) is 22.0 Å². The van der Waals surface area contributed by atoms with E-state index in [0.717, 1.165) is 30.5 Å². The molecule has 0 bridgehead atoms. The fraction of sp³-hybridized carbons (Fsp3) is 0.368. The fourth-order valence-electron chi connectivity index (χ4n) is 3.05. The second-order valence-electron chi connectivity index (χ2n) is 6.48. The van der Waals surface area contributed by atoms with Gasteiger partial charge in [0.15, 0.2) is 11.6 Å². The van der Waals surface area contributed by atoms with E-state index in [1.165, 1.54) is 6.07 Å². The van der Waals surface area contributed by atoms with Gasteiger partial charge in [-0.1, -0.05) is 6.07 Å². The number of alkyl halides is 3. The molecule has 0 aliphatic carbocycles. The second-order valence-corrected chi connectivity index (χ2v) is 6.48. The lowest BCUT2D eigenvalue weighted by atomic mass is 10.1. The van der Waals surface area contributed by atoms with Gasteiger partial charge in [0.05, 0.1) is 19.3 Å². The first-order chi connectivity index (χ1) is 13.8. The molecule has 0 radical (unpaired) electrons. The zero-order valence-corrected chi connectivity index (χ0v) is 15.2. The predicted octanol–water partition coefficient (Wildman–Crippen LogP) is 3.18. The van der Waals surface area contributed by atoms with E-state index in [1.807, 2.05) is 4.90 Å². The Kier molecular flexibility index (Phi) is 6.43. The molecule has 1 saturated heterocycles. The summed E-state index contributed by atoms with van der Waals surface area (Å²) in [5.41, 5.74) is -0.576. The number of carbonyl (C=O) groups is 1. The van der Waals surface area contributed by atoms with Crippen LogP contribution in [0.3, 0.4) is 0 Å². The van der Waals surface area contributed by atoms with Crippen molar-refractivity contribution in [2.45, 2.75) is 12.2 Å². The molecule has 1 aromatic carbocycles. The smallest absolute Gasteiger partial charge is 0.379 e. The Labute approximate surface area is 163 Å². The van der Waals surface area contributed by atoms with Crippen molar-refractivity contribution in [2.24, 2.45) is 0 Å². The summed E-state index contributed by atoms with van der Waals surface area (Å²) < 4.78 is 70.0. The second kappa shape index (κ2) is 8.83. The minimum atomic E-state index is -4.55. The van der Waals surface area contributed by atoms with Crippen LogP contribution < -0.4 is 5.32 Å². The molecule has 0 saturated carbocycles. The van der Waals surface area contributed by atoms with Crippen LogP contribution in [-0.2, 0) is 10.9 Å². The van der Waals surface area contributed by atoms with Gasteiger partial charge in [0, 0.05) is 31.4 Å². The maximum absolute atomic E-state index is 13.4. The Morgan fingerprint density at radius 1 is 1.14 bits per heavy atom. The van der Waals surface area contributed by atoms with E-state index in [9.17, 15) is 26.7 Å². The van der Waals surface area contributed by atoms with E-state index in [-0.39, 0.29) is 12.1 Å². The van der Waals surface area contributed by atoms with Gasteiger partial charge in [-0.05, 0) is 29.8 Å². The molecule has 3 rings (SSSR count). The molecule has 2 aromatic rings. The molecule has 5 nitrogen and oxygen atoms in total. The number of hydrogen-bond donors (Lipinski definition) is 1. The van der Waals surface area contributed by atoms with Crippen LogP contribution in [0.25, 0.3) is 0 Å². The van der Waals surface area contributed by atoms with Gasteiger partial charge >= 0.3 is 6.18 Å². The first-order valence-electron chi connectivity index (χ1n) is 8.84. The largest absolute Gasteiger partial charge is 0.433 e. The molecule has 1 aliphatic heterocycles. The number of amides is 1. The molecule has 1 amide bonds. The van der Waals surface area contributed by atoms with E-state index >= 15 is 0 Å². The quantitative estimate of drug-likeness (QED) is 0.763. The number of nitrogens with one attached hydrogen (secondary N) is 1. The molecule has 1 fully saturated rings. The van der Waals surface area contributed by atoms with E-state index in [0.29, 0.717) is 31.9 Å². The number of rotatable bonds is 5. The molecule has 156 valence electrons. The van der Waals surface area contributed by atoms with Crippen LogP contribution >= 0.6 is 0 Å². The van der Waals surface area contributed by atoms with E-state index < -0.39 is 35.5 Å². The Hall–Kier alpha value is -2.59. The first kappa shape index (κ1) is 21.1. The van der Waals surface area contributed by atoms with Crippen molar-refractivity contribution in [3.8, 4) is 0 Å². The van der Waals surface area contributed by atoms with Crippen molar-refractivity contribution in [1.82, 2.24) is 15.2 Å². The zero-order chi connectivity index (χ0) is 21.0. The number of carbonyl (C=O) groups excluding carboxylic acids is 1. The molecule has 29 heavy (non-hydrogen) atoms. The lowest BCUT2D eigenvalue weighted by Gasteiger charge is -2.34. The van der Waals surface area contributed by atoms with Crippen molar-refractivity contribution in [3.05, 3.63) is 65.0 Å². The topological polar surface area (TPSA) is 54.5 Å². The van der Waals surface area contributed by atoms with E-state index in [1.54, 1.807) is 0 Å². The summed E-state index contributed by atoms with van der Waals surface area (Å²) in [6.45, 7) is 1.98. The van der Waals surface area contributed by atoms with Gasteiger partial charge in [-0.25, -0.2) is 8.78 Å². The normalized spacial score (nSPS) is 16.4. The third-order valence-corrected chi connectivity index (χ3v) is 4.59. The van der Waals surface area contributed by atoms with Crippen molar-refractivity contribution in [2.75, 3.05) is 32.8 Å². The summed E-state index contributed by atoms with van der Waals surface area (Å²) in [5, 5.41) is 2.63. The van der Waals surface area contributed by atoms with Gasteiger partial charge in [-0.15, -0.1) is 0 Å². The Morgan fingerprint density at radius 3 is 2.45 bits per heavy atom. The summed E-state index contributed by atoms with van der Waals surface area (Å²) in [7, 11) is 0. The minimum absolute atomic E-state index is 0.0465. The monoisotopic (exact) mass is 415 g/mol. The van der Waals surface area contributed by atoms with Crippen molar-refractivity contribution >= 4 is 5.91 Å². The summed E-state index contributed by atoms with van der Waals surface area (Å²) in [5.74, 6) is -2.83. The molecule has 0 spiro atoms. The third-order valence-electron chi connectivity index (χ3n) is 4.59. The van der Waals surface area contributed by atoms with Crippen LogP contribution in [0, 0.1) is 11.6 Å². The SMILES string of the molecule is O=C(NCC(c1ccc(C(F)(F)F)nc1)N1CCOCC1)c1ccc(F)c(F)c1. The van der Waals surface area contributed by atoms with Crippen molar-refractivity contribution in [1.29, 1.82) is 0 Å². The average molecular weight is 415 g/mol. The number of ether oxygens (including phenoxy) is 1. The van der Waals surface area contributed by atoms with Gasteiger partial charge < -0.3 is 10.1 Å². The molecule has 1 unspecified atom stereocenters. The number of aromatic nitrogens is 1. The number of hydrogen-bond acceptors (Lipinski definition) is 4. The number of pyridine rings is 1. The lowest BCUT2D eigenvalue weighted by molar-refractivity contribution is -0.141. The Bertz CT molecular complexity index is 852. The number of nitrogens with zero attached hydrogens (tertiary/aromatic N) is 2. The summed E-state index contributed by atoms with van der Waals surface area (Å²) in [6, 6.07) is 4.54.